The van der Waals surface area contributed by atoms with Gasteiger partial charge < -0.3 is 13.9 Å². The third-order valence-electron chi connectivity index (χ3n) is 3.65. The molecule has 3 aromatic rings. The molecule has 23 heavy (non-hydrogen) atoms. The lowest BCUT2D eigenvalue weighted by Gasteiger charge is -2.05. The van der Waals surface area contributed by atoms with Gasteiger partial charge in [-0.3, -0.25) is 0 Å². The SMILES string of the molecule is CCOC(=O)c1ccc2c(c1)nc(-c1ncn(C)c1Cl)n2CC. The molecule has 0 radical (unpaired) electrons. The molecule has 6 nitrogen and oxygen atoms in total. The molecule has 0 bridgehead atoms. The highest BCUT2D eigenvalue weighted by Gasteiger charge is 2.18. The van der Waals surface area contributed by atoms with Crippen molar-refractivity contribution in [3.8, 4) is 11.5 Å². The molecular formula is C16H17ClN4O2. The predicted octanol–water partition coefficient (Wildman–Crippen LogP) is 3.29. The minimum atomic E-state index is -0.349. The second-order valence-electron chi connectivity index (χ2n) is 5.10. The fourth-order valence-corrected chi connectivity index (χ4v) is 2.71. The molecule has 120 valence electrons. The van der Waals surface area contributed by atoms with Gasteiger partial charge in [-0.25, -0.2) is 14.8 Å². The molecule has 0 aliphatic carbocycles. The lowest BCUT2D eigenvalue weighted by molar-refractivity contribution is 0.0526. The van der Waals surface area contributed by atoms with Crippen molar-refractivity contribution in [1.29, 1.82) is 0 Å². The zero-order chi connectivity index (χ0) is 16.6. The maximum absolute atomic E-state index is 11.9. The summed E-state index contributed by atoms with van der Waals surface area (Å²) >= 11 is 6.30. The van der Waals surface area contributed by atoms with E-state index in [1.807, 2.05) is 24.6 Å². The Hall–Kier alpha value is -2.34. The number of hydrogen-bond acceptors (Lipinski definition) is 4. The number of esters is 1. The Morgan fingerprint density at radius 3 is 2.74 bits per heavy atom. The molecular weight excluding hydrogens is 316 g/mol. The molecule has 2 aromatic heterocycles. The number of aryl methyl sites for hydroxylation is 2. The van der Waals surface area contributed by atoms with Crippen molar-refractivity contribution in [3.63, 3.8) is 0 Å². The number of fused-ring (bicyclic) bond motifs is 1. The molecule has 7 heteroatoms. The average Bonchev–Trinajstić information content (AvgIpc) is 3.07. The summed E-state index contributed by atoms with van der Waals surface area (Å²) in [5.41, 5.74) is 2.76. The van der Waals surface area contributed by atoms with Crippen molar-refractivity contribution in [2.24, 2.45) is 7.05 Å². The van der Waals surface area contributed by atoms with E-state index in [0.717, 1.165) is 12.1 Å². The number of aromatic nitrogens is 4. The van der Waals surface area contributed by atoms with Crippen LogP contribution in [-0.2, 0) is 18.3 Å². The fraction of sp³-hybridized carbons (Fsp3) is 0.312. The summed E-state index contributed by atoms with van der Waals surface area (Å²) in [5.74, 6) is 0.340. The molecule has 0 saturated carbocycles. The van der Waals surface area contributed by atoms with Crippen LogP contribution in [0, 0.1) is 0 Å². The number of ether oxygens (including phenoxy) is 1. The van der Waals surface area contributed by atoms with Crippen LogP contribution in [0.15, 0.2) is 24.5 Å². The third kappa shape index (κ3) is 2.59. The summed E-state index contributed by atoms with van der Waals surface area (Å²) in [6, 6.07) is 5.36. The van der Waals surface area contributed by atoms with E-state index in [1.54, 1.807) is 30.0 Å². The second-order valence-corrected chi connectivity index (χ2v) is 5.46. The summed E-state index contributed by atoms with van der Waals surface area (Å²) < 4.78 is 8.80. The van der Waals surface area contributed by atoms with Crippen LogP contribution in [0.4, 0.5) is 0 Å². The second kappa shape index (κ2) is 6.04. The van der Waals surface area contributed by atoms with Gasteiger partial charge >= 0.3 is 5.97 Å². The molecule has 2 heterocycles. The lowest BCUT2D eigenvalue weighted by atomic mass is 10.2. The van der Waals surface area contributed by atoms with Crippen LogP contribution in [0.3, 0.4) is 0 Å². The number of rotatable bonds is 4. The van der Waals surface area contributed by atoms with Gasteiger partial charge in [0.1, 0.15) is 10.8 Å². The van der Waals surface area contributed by atoms with Crippen molar-refractivity contribution in [2.75, 3.05) is 6.61 Å². The standard InChI is InChI=1S/C16H17ClN4O2/c1-4-21-12-7-6-10(16(22)23-5-2)8-11(12)19-15(21)13-14(17)20(3)9-18-13/h6-9H,4-5H2,1-3H3. The maximum atomic E-state index is 11.9. The van der Waals surface area contributed by atoms with Gasteiger partial charge in [0.2, 0.25) is 0 Å². The number of benzene rings is 1. The molecule has 3 rings (SSSR count). The van der Waals surface area contributed by atoms with Gasteiger partial charge in [0.05, 0.1) is 29.5 Å². The molecule has 0 atom stereocenters. The van der Waals surface area contributed by atoms with Crippen LogP contribution >= 0.6 is 11.6 Å². The van der Waals surface area contributed by atoms with E-state index in [1.165, 1.54) is 0 Å². The first-order chi connectivity index (χ1) is 11.1. The Labute approximate surface area is 138 Å². The Balaban J connectivity index is 2.16. The van der Waals surface area contributed by atoms with E-state index in [9.17, 15) is 4.79 Å². The highest BCUT2D eigenvalue weighted by Crippen LogP contribution is 2.29. The van der Waals surface area contributed by atoms with E-state index < -0.39 is 0 Å². The summed E-state index contributed by atoms with van der Waals surface area (Å²) in [6.07, 6.45) is 1.65. The number of nitrogens with zero attached hydrogens (tertiary/aromatic N) is 4. The zero-order valence-corrected chi connectivity index (χ0v) is 14.0. The van der Waals surface area contributed by atoms with E-state index in [4.69, 9.17) is 16.3 Å². The molecule has 0 amide bonds. The Morgan fingerprint density at radius 1 is 1.35 bits per heavy atom. The topological polar surface area (TPSA) is 61.9 Å². The van der Waals surface area contributed by atoms with Crippen molar-refractivity contribution in [1.82, 2.24) is 19.1 Å². The summed E-state index contributed by atoms with van der Waals surface area (Å²) in [7, 11) is 1.83. The van der Waals surface area contributed by atoms with Gasteiger partial charge in [0.25, 0.3) is 0 Å². The van der Waals surface area contributed by atoms with Crippen molar-refractivity contribution in [2.45, 2.75) is 20.4 Å². The van der Waals surface area contributed by atoms with E-state index in [0.29, 0.717) is 34.4 Å². The lowest BCUT2D eigenvalue weighted by Crippen LogP contribution is -2.04. The molecule has 0 N–H and O–H groups in total. The quantitative estimate of drug-likeness (QED) is 0.688. The van der Waals surface area contributed by atoms with E-state index >= 15 is 0 Å². The van der Waals surface area contributed by atoms with Gasteiger partial charge in [0, 0.05) is 13.6 Å². The van der Waals surface area contributed by atoms with Gasteiger partial charge in [-0.05, 0) is 32.0 Å². The highest BCUT2D eigenvalue weighted by molar-refractivity contribution is 6.32. The molecule has 0 aliphatic heterocycles. The van der Waals surface area contributed by atoms with Crippen LogP contribution in [0.1, 0.15) is 24.2 Å². The molecule has 0 unspecified atom stereocenters. The minimum Gasteiger partial charge on any atom is -0.462 e. The number of halogens is 1. The number of carbonyl (C=O) groups is 1. The zero-order valence-electron chi connectivity index (χ0n) is 13.2. The summed E-state index contributed by atoms with van der Waals surface area (Å²) in [5, 5.41) is 0.528. The largest absolute Gasteiger partial charge is 0.462 e. The smallest absolute Gasteiger partial charge is 0.338 e. The summed E-state index contributed by atoms with van der Waals surface area (Å²) in [6.45, 7) is 4.87. The van der Waals surface area contributed by atoms with Crippen molar-refractivity contribution < 1.29 is 9.53 Å². The predicted molar refractivity (Wildman–Crippen MR) is 88.6 cm³/mol. The fourth-order valence-electron chi connectivity index (χ4n) is 2.54. The molecule has 0 fully saturated rings. The number of carbonyl (C=O) groups excluding carboxylic acids is 1. The first-order valence-corrected chi connectivity index (χ1v) is 7.79. The normalized spacial score (nSPS) is 11.1. The van der Waals surface area contributed by atoms with Gasteiger partial charge in [0.15, 0.2) is 5.82 Å². The average molecular weight is 333 g/mol. The maximum Gasteiger partial charge on any atom is 0.338 e. The number of hydrogen-bond donors (Lipinski definition) is 0. The van der Waals surface area contributed by atoms with Crippen LogP contribution < -0.4 is 0 Å². The minimum absolute atomic E-state index is 0.342. The first kappa shape index (κ1) is 15.6. The van der Waals surface area contributed by atoms with E-state index in [-0.39, 0.29) is 5.97 Å². The van der Waals surface area contributed by atoms with Crippen LogP contribution in [0.25, 0.3) is 22.6 Å². The van der Waals surface area contributed by atoms with Crippen molar-refractivity contribution in [3.05, 3.63) is 35.2 Å². The Morgan fingerprint density at radius 2 is 2.13 bits per heavy atom. The molecule has 0 aliphatic rings. The van der Waals surface area contributed by atoms with Gasteiger partial charge in [-0.1, -0.05) is 11.6 Å². The van der Waals surface area contributed by atoms with E-state index in [2.05, 4.69) is 9.97 Å². The monoisotopic (exact) mass is 332 g/mol. The number of imidazole rings is 2. The van der Waals surface area contributed by atoms with Crippen LogP contribution in [-0.4, -0.2) is 31.7 Å². The highest BCUT2D eigenvalue weighted by atomic mass is 35.5. The van der Waals surface area contributed by atoms with Crippen molar-refractivity contribution >= 4 is 28.6 Å². The molecule has 1 aromatic carbocycles. The third-order valence-corrected chi connectivity index (χ3v) is 4.10. The van der Waals surface area contributed by atoms with Crippen LogP contribution in [0.5, 0.6) is 0 Å². The molecule has 0 saturated heterocycles. The summed E-state index contributed by atoms with van der Waals surface area (Å²) in [4.78, 5) is 20.8. The Bertz CT molecular complexity index is 882. The first-order valence-electron chi connectivity index (χ1n) is 7.41. The van der Waals surface area contributed by atoms with Crippen LogP contribution in [0.2, 0.25) is 5.15 Å². The van der Waals surface area contributed by atoms with Gasteiger partial charge in [-0.15, -0.1) is 0 Å². The Kier molecular flexibility index (Phi) is 4.09. The van der Waals surface area contributed by atoms with Gasteiger partial charge in [-0.2, -0.15) is 0 Å². The molecule has 0 spiro atoms.